The summed E-state index contributed by atoms with van der Waals surface area (Å²) in [6, 6.07) is 13.6. The zero-order valence-corrected chi connectivity index (χ0v) is 12.5. The number of fused-ring (bicyclic) bond motifs is 1. The molecule has 1 amide bonds. The van der Waals surface area contributed by atoms with Crippen molar-refractivity contribution in [3.05, 3.63) is 54.1 Å². The zero-order chi connectivity index (χ0) is 15.7. The van der Waals surface area contributed by atoms with E-state index in [1.54, 1.807) is 42.5 Å². The van der Waals surface area contributed by atoms with Crippen molar-refractivity contribution in [3.8, 4) is 0 Å². The van der Waals surface area contributed by atoms with Crippen molar-refractivity contribution >= 4 is 33.1 Å². The fourth-order valence-corrected chi connectivity index (χ4v) is 3.35. The van der Waals surface area contributed by atoms with E-state index >= 15 is 0 Å². The summed E-state index contributed by atoms with van der Waals surface area (Å²) in [5, 5.41) is 5.65. The van der Waals surface area contributed by atoms with Gasteiger partial charge in [-0.3, -0.25) is 4.79 Å². The van der Waals surface area contributed by atoms with Crippen LogP contribution in [0.5, 0.6) is 0 Å². The number of amidine groups is 1. The number of hydrogen-bond donors (Lipinski definition) is 2. The quantitative estimate of drug-likeness (QED) is 0.889. The first-order chi connectivity index (χ1) is 10.5. The molecule has 1 heterocycles. The van der Waals surface area contributed by atoms with Crippen LogP contribution in [0.25, 0.3) is 0 Å². The molecule has 3 rings (SSSR count). The Morgan fingerprint density at radius 2 is 1.64 bits per heavy atom. The average Bonchev–Trinajstić information content (AvgIpc) is 2.72. The van der Waals surface area contributed by atoms with Crippen LogP contribution in [0.3, 0.4) is 0 Å². The van der Waals surface area contributed by atoms with Crippen molar-refractivity contribution in [1.82, 2.24) is 0 Å². The van der Waals surface area contributed by atoms with Gasteiger partial charge in [0.2, 0.25) is 5.91 Å². The van der Waals surface area contributed by atoms with Gasteiger partial charge in [-0.25, -0.2) is 0 Å². The van der Waals surface area contributed by atoms with Crippen LogP contribution in [0, 0.1) is 0 Å². The molecule has 0 unspecified atom stereocenters. The molecule has 0 atom stereocenters. The Bertz CT molecular complexity index is 871. The third-order valence-electron chi connectivity index (χ3n) is 3.10. The highest BCUT2D eigenvalue weighted by Crippen LogP contribution is 2.26. The number of amides is 1. The summed E-state index contributed by atoms with van der Waals surface area (Å²) in [6.45, 7) is 1.43. The first-order valence-corrected chi connectivity index (χ1v) is 7.99. The summed E-state index contributed by atoms with van der Waals surface area (Å²) in [4.78, 5) is 11.2. The first kappa shape index (κ1) is 14.3. The van der Waals surface area contributed by atoms with Crippen molar-refractivity contribution in [1.29, 1.82) is 0 Å². The molecular weight excluding hydrogens is 302 g/mol. The summed E-state index contributed by atoms with van der Waals surface area (Å²) < 4.78 is 27.7. The van der Waals surface area contributed by atoms with Crippen LogP contribution in [-0.2, 0) is 14.8 Å². The van der Waals surface area contributed by atoms with Crippen molar-refractivity contribution in [2.45, 2.75) is 11.8 Å². The SMILES string of the molecule is CC(=O)Nc1ccc(NC2=NS(=O)(=O)c3ccccc32)cc1. The molecule has 6 nitrogen and oxygen atoms in total. The smallest absolute Gasteiger partial charge is 0.285 e. The van der Waals surface area contributed by atoms with Gasteiger partial charge in [-0.05, 0) is 36.4 Å². The summed E-state index contributed by atoms with van der Waals surface area (Å²) in [6.07, 6.45) is 0. The fraction of sp³-hybridized carbons (Fsp3) is 0.0667. The van der Waals surface area contributed by atoms with Gasteiger partial charge in [0.1, 0.15) is 4.90 Å². The van der Waals surface area contributed by atoms with Crippen LogP contribution in [0.15, 0.2) is 57.8 Å². The molecule has 0 aromatic heterocycles. The molecule has 112 valence electrons. The molecule has 2 aromatic rings. The molecule has 0 radical (unpaired) electrons. The maximum atomic E-state index is 12.0. The van der Waals surface area contributed by atoms with Gasteiger partial charge >= 0.3 is 0 Å². The monoisotopic (exact) mass is 315 g/mol. The van der Waals surface area contributed by atoms with Crippen LogP contribution < -0.4 is 10.6 Å². The average molecular weight is 315 g/mol. The van der Waals surface area contributed by atoms with Crippen molar-refractivity contribution in [3.63, 3.8) is 0 Å². The van der Waals surface area contributed by atoms with Gasteiger partial charge in [0.25, 0.3) is 10.0 Å². The number of sulfonamides is 1. The van der Waals surface area contributed by atoms with Crippen molar-refractivity contribution in [2.24, 2.45) is 4.40 Å². The number of hydrogen-bond acceptors (Lipinski definition) is 4. The number of nitrogens with zero attached hydrogens (tertiary/aromatic N) is 1. The minimum atomic E-state index is -3.63. The summed E-state index contributed by atoms with van der Waals surface area (Å²) in [5.41, 5.74) is 1.90. The third kappa shape index (κ3) is 2.71. The maximum absolute atomic E-state index is 12.0. The number of carbonyl (C=O) groups is 1. The Labute approximate surface area is 127 Å². The molecule has 0 saturated heterocycles. The standard InChI is InChI=1S/C15H13N3O3S/c1-10(19)16-11-6-8-12(9-7-11)17-15-13-4-2-3-5-14(13)22(20,21)18-15/h2-9H,1H3,(H,16,19)(H,17,18). The largest absolute Gasteiger partial charge is 0.339 e. The zero-order valence-electron chi connectivity index (χ0n) is 11.7. The van der Waals surface area contributed by atoms with Crippen molar-refractivity contribution < 1.29 is 13.2 Å². The van der Waals surface area contributed by atoms with Crippen LogP contribution >= 0.6 is 0 Å². The second kappa shape index (κ2) is 5.27. The molecule has 1 aliphatic heterocycles. The molecule has 2 N–H and O–H groups in total. The Balaban J connectivity index is 1.87. The van der Waals surface area contributed by atoms with E-state index in [0.29, 0.717) is 22.8 Å². The van der Waals surface area contributed by atoms with Gasteiger partial charge in [-0.2, -0.15) is 8.42 Å². The van der Waals surface area contributed by atoms with Crippen LogP contribution in [0.1, 0.15) is 12.5 Å². The van der Waals surface area contributed by atoms with Crippen molar-refractivity contribution in [2.75, 3.05) is 10.6 Å². The van der Waals surface area contributed by atoms with Crippen LogP contribution in [0.4, 0.5) is 11.4 Å². The van der Waals surface area contributed by atoms with Gasteiger partial charge in [0.15, 0.2) is 5.84 Å². The molecule has 7 heteroatoms. The maximum Gasteiger partial charge on any atom is 0.285 e. The van der Waals surface area contributed by atoms with E-state index in [4.69, 9.17) is 0 Å². The molecule has 2 aromatic carbocycles. The van der Waals surface area contributed by atoms with E-state index in [1.807, 2.05) is 0 Å². The molecular formula is C15H13N3O3S. The van der Waals surface area contributed by atoms with E-state index in [9.17, 15) is 13.2 Å². The highest BCUT2D eigenvalue weighted by Gasteiger charge is 2.28. The fourth-order valence-electron chi connectivity index (χ4n) is 2.17. The lowest BCUT2D eigenvalue weighted by atomic mass is 10.2. The molecule has 0 spiro atoms. The predicted molar refractivity (Wildman–Crippen MR) is 84.5 cm³/mol. The number of anilines is 2. The Morgan fingerprint density at radius 1 is 1.00 bits per heavy atom. The molecule has 0 bridgehead atoms. The molecule has 0 fully saturated rings. The van der Waals surface area contributed by atoms with Gasteiger partial charge in [0, 0.05) is 23.9 Å². The third-order valence-corrected chi connectivity index (χ3v) is 4.43. The van der Waals surface area contributed by atoms with E-state index in [2.05, 4.69) is 15.0 Å². The van der Waals surface area contributed by atoms with Gasteiger partial charge in [-0.1, -0.05) is 12.1 Å². The topological polar surface area (TPSA) is 87.6 Å². The minimum absolute atomic E-state index is 0.152. The van der Waals surface area contributed by atoms with E-state index < -0.39 is 10.0 Å². The number of benzene rings is 2. The Hall–Kier alpha value is -2.67. The lowest BCUT2D eigenvalue weighted by molar-refractivity contribution is -0.114. The first-order valence-electron chi connectivity index (χ1n) is 6.55. The van der Waals surface area contributed by atoms with Gasteiger partial charge < -0.3 is 10.6 Å². The highest BCUT2D eigenvalue weighted by molar-refractivity contribution is 7.90. The number of nitrogens with one attached hydrogen (secondary N) is 2. The molecule has 1 aliphatic rings. The highest BCUT2D eigenvalue weighted by atomic mass is 32.2. The van der Waals surface area contributed by atoms with Gasteiger partial charge in [-0.15, -0.1) is 4.40 Å². The van der Waals surface area contributed by atoms with Gasteiger partial charge in [0.05, 0.1) is 0 Å². The lowest BCUT2D eigenvalue weighted by Crippen LogP contribution is -2.11. The van der Waals surface area contributed by atoms with E-state index in [-0.39, 0.29) is 10.8 Å². The minimum Gasteiger partial charge on any atom is -0.339 e. The second-order valence-electron chi connectivity index (χ2n) is 4.79. The summed E-state index contributed by atoms with van der Waals surface area (Å²) in [5.74, 6) is 0.142. The summed E-state index contributed by atoms with van der Waals surface area (Å²) >= 11 is 0. The lowest BCUT2D eigenvalue weighted by Gasteiger charge is -2.08. The molecule has 0 aliphatic carbocycles. The number of carbonyl (C=O) groups excluding carboxylic acids is 1. The predicted octanol–water partition coefficient (Wildman–Crippen LogP) is 2.21. The van der Waals surface area contributed by atoms with Crippen LogP contribution in [-0.4, -0.2) is 20.2 Å². The summed E-state index contributed by atoms with van der Waals surface area (Å²) in [7, 11) is -3.63. The molecule has 22 heavy (non-hydrogen) atoms. The number of rotatable bonds is 2. The second-order valence-corrected chi connectivity index (χ2v) is 6.37. The van der Waals surface area contributed by atoms with E-state index in [0.717, 1.165) is 0 Å². The normalized spacial score (nSPS) is 14.9. The van der Waals surface area contributed by atoms with Crippen LogP contribution in [0.2, 0.25) is 0 Å². The molecule has 0 saturated carbocycles. The van der Waals surface area contributed by atoms with E-state index in [1.165, 1.54) is 13.0 Å². The Morgan fingerprint density at radius 3 is 2.32 bits per heavy atom. The Kier molecular flexibility index (Phi) is 3.42.